The Balaban J connectivity index is 2.63. The van der Waals surface area contributed by atoms with Crippen LogP contribution in [-0.4, -0.2) is 156 Å². The number of aromatic hydroxyl groups is 1. The van der Waals surface area contributed by atoms with Crippen molar-refractivity contribution in [2.75, 3.05) is 44.9 Å². The summed E-state index contributed by atoms with van der Waals surface area (Å²) in [6, 6.07) is -2.80. The molecule has 7 amide bonds. The number of benzene rings is 1. The van der Waals surface area contributed by atoms with Crippen molar-refractivity contribution < 1.29 is 62.6 Å². The van der Waals surface area contributed by atoms with Gasteiger partial charge in [0, 0.05) is 44.4 Å². The van der Waals surface area contributed by atoms with Crippen LogP contribution in [0, 0.1) is 11.8 Å². The third kappa shape index (κ3) is 21.3. The van der Waals surface area contributed by atoms with Gasteiger partial charge in [-0.3, -0.25) is 64.0 Å². The summed E-state index contributed by atoms with van der Waals surface area (Å²) in [6.07, 6.45) is -1.38. The van der Waals surface area contributed by atoms with E-state index in [9.17, 15) is 57.8 Å². The molecule has 1 fully saturated rings. The number of ketones is 4. The Labute approximate surface area is 408 Å². The molecule has 384 valence electrons. The molecule has 1 aliphatic rings. The summed E-state index contributed by atoms with van der Waals surface area (Å²) >= 11 is 0. The summed E-state index contributed by atoms with van der Waals surface area (Å²) in [5.41, 5.74) is 19.0. The van der Waals surface area contributed by atoms with Crippen molar-refractivity contribution >= 4 is 86.1 Å². The quantitative estimate of drug-likeness (QED) is 0.0238. The SMILES string of the molecule is CC[C@H](C)C1NN[C@@H](CCC(N)=O)C(=O)N[C@@H](CC(N)=O)C(=O)N[C@H](C(=O)N(CCOC)CC(=O)N[C@@H](CC(C)C)C(=O)C(=O)CNN)CSSCCC(=O)N[C@@H](Cc2ccc(O)cc2)C(=O)C1=O. The van der Waals surface area contributed by atoms with Crippen LogP contribution in [0.25, 0.3) is 0 Å². The lowest BCUT2D eigenvalue weighted by Crippen LogP contribution is -2.62. The number of nitrogens with one attached hydrogen (secondary N) is 7. The number of phenols is 1. The van der Waals surface area contributed by atoms with Crippen molar-refractivity contribution in [3.63, 3.8) is 0 Å². The topological polar surface area (TPSA) is 383 Å². The highest BCUT2D eigenvalue weighted by Crippen LogP contribution is 2.24. The van der Waals surface area contributed by atoms with Crippen LogP contribution in [0.3, 0.4) is 0 Å². The molecule has 26 heteroatoms. The van der Waals surface area contributed by atoms with E-state index < -0.39 is 126 Å². The van der Waals surface area contributed by atoms with Crippen molar-refractivity contribution in [1.82, 2.24) is 42.4 Å². The molecule has 1 heterocycles. The van der Waals surface area contributed by atoms with Crippen LogP contribution in [0.15, 0.2) is 24.3 Å². The predicted octanol–water partition coefficient (Wildman–Crippen LogP) is -3.06. The lowest BCUT2D eigenvalue weighted by molar-refractivity contribution is -0.141. The van der Waals surface area contributed by atoms with Gasteiger partial charge in [0.05, 0.1) is 44.2 Å². The minimum absolute atomic E-state index is 0.0508. The lowest BCUT2D eigenvalue weighted by Gasteiger charge is -2.30. The number of nitrogens with two attached hydrogens (primary N) is 3. The molecule has 1 aliphatic heterocycles. The number of hydrogen-bond donors (Lipinski definition) is 11. The van der Waals surface area contributed by atoms with Crippen LogP contribution in [0.1, 0.15) is 71.8 Å². The summed E-state index contributed by atoms with van der Waals surface area (Å²) in [5.74, 6) is -5.60. The Morgan fingerprint density at radius 3 is 2.14 bits per heavy atom. The number of carbonyl (C=O) groups excluding carboxylic acids is 11. The maximum Gasteiger partial charge on any atom is 0.246 e. The fourth-order valence-electron chi connectivity index (χ4n) is 6.73. The van der Waals surface area contributed by atoms with Crippen LogP contribution in [0.5, 0.6) is 5.75 Å². The molecule has 0 aliphatic carbocycles. The second kappa shape index (κ2) is 30.9. The van der Waals surface area contributed by atoms with Crippen LogP contribution < -0.4 is 54.9 Å². The summed E-state index contributed by atoms with van der Waals surface area (Å²) < 4.78 is 5.18. The number of ether oxygens (including phenoxy) is 1. The van der Waals surface area contributed by atoms with Crippen molar-refractivity contribution in [2.45, 2.75) is 109 Å². The molecule has 0 saturated carbocycles. The second-order valence-electron chi connectivity index (χ2n) is 16.7. The monoisotopic (exact) mass is 1010 g/mol. The first-order valence-electron chi connectivity index (χ1n) is 22.3. The normalized spacial score (nSPS) is 21.2. The van der Waals surface area contributed by atoms with Gasteiger partial charge < -0.3 is 47.5 Å². The molecule has 69 heavy (non-hydrogen) atoms. The first-order valence-corrected chi connectivity index (χ1v) is 24.8. The van der Waals surface area contributed by atoms with E-state index in [1.165, 1.54) is 31.4 Å². The van der Waals surface area contributed by atoms with E-state index in [0.29, 0.717) is 12.0 Å². The van der Waals surface area contributed by atoms with Gasteiger partial charge in [-0.2, -0.15) is 0 Å². The van der Waals surface area contributed by atoms with Gasteiger partial charge in [-0.15, -0.1) is 0 Å². The molecule has 0 aromatic heterocycles. The summed E-state index contributed by atoms with van der Waals surface area (Å²) in [5, 5.41) is 20.0. The molecule has 24 nitrogen and oxygen atoms in total. The van der Waals surface area contributed by atoms with E-state index >= 15 is 0 Å². The van der Waals surface area contributed by atoms with E-state index in [1.807, 2.05) is 0 Å². The van der Waals surface area contributed by atoms with Gasteiger partial charge in [0.15, 0.2) is 0 Å². The fraction of sp³-hybridized carbons (Fsp3) is 0.605. The van der Waals surface area contributed by atoms with E-state index in [2.05, 4.69) is 37.5 Å². The minimum Gasteiger partial charge on any atom is -0.508 e. The van der Waals surface area contributed by atoms with E-state index in [1.54, 1.807) is 27.7 Å². The molecule has 1 unspecified atom stereocenters. The van der Waals surface area contributed by atoms with Crippen LogP contribution in [0.2, 0.25) is 0 Å². The zero-order valence-corrected chi connectivity index (χ0v) is 41.1. The Morgan fingerprint density at radius 2 is 1.55 bits per heavy atom. The Bertz CT molecular complexity index is 1980. The van der Waals surface area contributed by atoms with Crippen molar-refractivity contribution in [3.05, 3.63) is 29.8 Å². The number of carbonyl (C=O) groups is 11. The van der Waals surface area contributed by atoms with Crippen molar-refractivity contribution in [2.24, 2.45) is 29.1 Å². The molecule has 1 aromatic carbocycles. The van der Waals surface area contributed by atoms with Gasteiger partial charge in [-0.05, 0) is 42.4 Å². The lowest BCUT2D eigenvalue weighted by atomic mass is 9.90. The molecular formula is C43H67N11O13S2. The number of Topliss-reactive ketones (excluding diaryl/α,β-unsaturated/α-hetero) is 4. The van der Waals surface area contributed by atoms with Gasteiger partial charge in [0.2, 0.25) is 64.5 Å². The standard InChI is InChI=1S/C43H67N11O13S2/c1-6-24(4)37-40(63)39(62)29(18-25-7-9-26(55)10-8-25)48-35(59)13-16-68-69-22-31(51-42(65)30(19-34(45)58)50-41(64)27(52-53-37)11-12-33(44)57)43(66)54(14-15-67-5)21-36(60)49-28(17-23(2)3)38(61)32(56)20-47-46/h7-10,23-24,27-31,37,47,52-53,55H,6,11-22,46H2,1-5H3,(H2,44,57)(H2,45,58)(H,48,59)(H,49,60)(H,50,64)(H,51,65)/t24-,27-,28-,29-,30-,31-,37?/m0/s1. The number of hydrazine groups is 2. The average molecular weight is 1010 g/mol. The first kappa shape index (κ1) is 59.6. The Hall–Kier alpha value is -5.51. The Kier molecular flexibility index (Phi) is 26.7. The first-order chi connectivity index (χ1) is 32.6. The van der Waals surface area contributed by atoms with Gasteiger partial charge in [0.25, 0.3) is 0 Å². The highest BCUT2D eigenvalue weighted by molar-refractivity contribution is 8.76. The number of primary amides is 2. The molecule has 1 aromatic rings. The predicted molar refractivity (Wildman–Crippen MR) is 255 cm³/mol. The third-order valence-electron chi connectivity index (χ3n) is 10.7. The van der Waals surface area contributed by atoms with Gasteiger partial charge >= 0.3 is 0 Å². The Morgan fingerprint density at radius 1 is 0.884 bits per heavy atom. The van der Waals surface area contributed by atoms with Crippen molar-refractivity contribution in [3.8, 4) is 5.75 Å². The number of phenolic OH excluding ortho intramolecular Hbond substituents is 1. The van der Waals surface area contributed by atoms with Crippen LogP contribution in [-0.2, 0) is 63.9 Å². The zero-order valence-electron chi connectivity index (χ0n) is 39.5. The molecule has 0 radical (unpaired) electrons. The summed E-state index contributed by atoms with van der Waals surface area (Å²) in [6.45, 7) is 5.48. The number of methoxy groups -OCH3 is 1. The third-order valence-corrected chi connectivity index (χ3v) is 13.1. The fourth-order valence-corrected chi connectivity index (χ4v) is 8.88. The molecule has 0 bridgehead atoms. The van der Waals surface area contributed by atoms with E-state index in [0.717, 1.165) is 26.5 Å². The number of rotatable bonds is 22. The summed E-state index contributed by atoms with van der Waals surface area (Å²) in [7, 11) is 3.47. The van der Waals surface area contributed by atoms with Gasteiger partial charge in [-0.1, -0.05) is 67.8 Å². The second-order valence-corrected chi connectivity index (χ2v) is 19.4. The highest BCUT2D eigenvalue weighted by atomic mass is 33.1. The molecule has 7 atom stereocenters. The zero-order chi connectivity index (χ0) is 51.8. The minimum atomic E-state index is -1.73. The van der Waals surface area contributed by atoms with Gasteiger partial charge in [-0.25, -0.2) is 10.9 Å². The molecule has 14 N–H and O–H groups in total. The maximum atomic E-state index is 14.4. The largest absolute Gasteiger partial charge is 0.508 e. The molecule has 0 spiro atoms. The molecular weight excluding hydrogens is 943 g/mol. The maximum absolute atomic E-state index is 14.4. The van der Waals surface area contributed by atoms with Crippen LogP contribution in [0.4, 0.5) is 0 Å². The van der Waals surface area contributed by atoms with E-state index in [-0.39, 0.29) is 68.4 Å². The van der Waals surface area contributed by atoms with E-state index in [4.69, 9.17) is 22.0 Å². The summed E-state index contributed by atoms with van der Waals surface area (Å²) in [4.78, 5) is 148. The molecule has 1 saturated heterocycles. The van der Waals surface area contributed by atoms with Gasteiger partial charge in [0.1, 0.15) is 23.9 Å². The number of hydrogen-bond acceptors (Lipinski definition) is 19. The smallest absolute Gasteiger partial charge is 0.246 e. The number of amides is 7. The average Bonchev–Trinajstić information content (AvgIpc) is 3.29. The molecule has 2 rings (SSSR count). The number of nitrogens with zero attached hydrogens (tertiary/aromatic N) is 1. The highest BCUT2D eigenvalue weighted by Gasteiger charge is 2.37. The van der Waals surface area contributed by atoms with Crippen molar-refractivity contribution in [1.29, 1.82) is 0 Å². The van der Waals surface area contributed by atoms with Crippen LogP contribution >= 0.6 is 21.6 Å².